The molecule has 72 valence electrons. The highest BCUT2D eigenvalue weighted by atomic mass is 19.1. The van der Waals surface area contributed by atoms with E-state index in [0.29, 0.717) is 0 Å². The quantitative estimate of drug-likeness (QED) is 0.624. The molecule has 0 aromatic carbocycles. The minimum absolute atomic E-state index is 0.154. The van der Waals surface area contributed by atoms with Gasteiger partial charge in [0.25, 0.3) is 0 Å². The van der Waals surface area contributed by atoms with Gasteiger partial charge in [-0.2, -0.15) is 0 Å². The fraction of sp³-hybridized carbons (Fsp3) is 0.429. The van der Waals surface area contributed by atoms with Crippen molar-refractivity contribution in [1.29, 1.82) is 0 Å². The predicted molar refractivity (Wildman–Crippen MR) is 42.9 cm³/mol. The number of likely N-dealkylation sites (N-methyl/N-ethyl adjacent to an activating group) is 1. The van der Waals surface area contributed by atoms with Gasteiger partial charge in [0.2, 0.25) is 0 Å². The molecular formula is C7H10FN3O2. The van der Waals surface area contributed by atoms with Crippen molar-refractivity contribution in [2.24, 2.45) is 0 Å². The second kappa shape index (κ2) is 3.99. The van der Waals surface area contributed by atoms with Crippen LogP contribution in [0.2, 0.25) is 0 Å². The molecule has 3 N–H and O–H groups in total. The number of halogens is 1. The standard InChI is InChI=1S/C7H10FN3O2/c1-9-6(7(12)13)5(8)4-2-10-3-11-4/h2-3,5-6,9H,1H3,(H,10,11)(H,12,13)/t5?,6-/m0/s1. The molecule has 1 aromatic heterocycles. The molecular weight excluding hydrogens is 177 g/mol. The molecule has 6 heteroatoms. The third-order valence-corrected chi connectivity index (χ3v) is 1.69. The van der Waals surface area contributed by atoms with Crippen LogP contribution in [0, 0.1) is 0 Å². The summed E-state index contributed by atoms with van der Waals surface area (Å²) in [6.07, 6.45) is 0.944. The number of carboxylic acids is 1. The van der Waals surface area contributed by atoms with Crippen molar-refractivity contribution >= 4 is 5.97 Å². The van der Waals surface area contributed by atoms with Crippen molar-refractivity contribution in [3.05, 3.63) is 18.2 Å². The fourth-order valence-electron chi connectivity index (χ4n) is 0.992. The van der Waals surface area contributed by atoms with E-state index >= 15 is 0 Å². The maximum Gasteiger partial charge on any atom is 0.324 e. The van der Waals surface area contributed by atoms with Crippen molar-refractivity contribution in [3.63, 3.8) is 0 Å². The normalized spacial score (nSPS) is 15.2. The van der Waals surface area contributed by atoms with Crippen molar-refractivity contribution in [2.75, 3.05) is 7.05 Å². The highest BCUT2D eigenvalue weighted by Crippen LogP contribution is 2.18. The monoisotopic (exact) mass is 187 g/mol. The zero-order valence-electron chi connectivity index (χ0n) is 6.99. The number of nitrogens with zero attached hydrogens (tertiary/aromatic N) is 1. The van der Waals surface area contributed by atoms with Crippen LogP contribution in [-0.4, -0.2) is 34.1 Å². The van der Waals surface area contributed by atoms with Gasteiger partial charge in [-0.1, -0.05) is 0 Å². The van der Waals surface area contributed by atoms with Crippen LogP contribution in [0.15, 0.2) is 12.5 Å². The van der Waals surface area contributed by atoms with Crippen molar-refractivity contribution < 1.29 is 14.3 Å². The first kappa shape index (κ1) is 9.66. The maximum absolute atomic E-state index is 13.4. The number of carbonyl (C=O) groups is 1. The summed E-state index contributed by atoms with van der Waals surface area (Å²) in [5.41, 5.74) is 0.154. The molecule has 1 rings (SSSR count). The summed E-state index contributed by atoms with van der Waals surface area (Å²) in [5, 5.41) is 11.0. The Morgan fingerprint density at radius 1 is 1.85 bits per heavy atom. The van der Waals surface area contributed by atoms with E-state index in [9.17, 15) is 9.18 Å². The van der Waals surface area contributed by atoms with Crippen molar-refractivity contribution in [3.8, 4) is 0 Å². The number of aromatic nitrogens is 2. The van der Waals surface area contributed by atoms with Gasteiger partial charge >= 0.3 is 5.97 Å². The average molecular weight is 187 g/mol. The number of aliphatic carboxylic acids is 1. The highest BCUT2D eigenvalue weighted by Gasteiger charge is 2.28. The number of hydrogen-bond acceptors (Lipinski definition) is 3. The van der Waals surface area contributed by atoms with Crippen LogP contribution < -0.4 is 5.32 Å². The second-order valence-corrected chi connectivity index (χ2v) is 2.51. The topological polar surface area (TPSA) is 78.0 Å². The first-order valence-corrected chi connectivity index (χ1v) is 3.69. The molecule has 0 bridgehead atoms. The molecule has 0 saturated heterocycles. The van der Waals surface area contributed by atoms with Gasteiger partial charge in [-0.25, -0.2) is 9.37 Å². The number of imidazole rings is 1. The number of alkyl halides is 1. The largest absolute Gasteiger partial charge is 0.480 e. The Balaban J connectivity index is 2.76. The van der Waals surface area contributed by atoms with Crippen molar-refractivity contribution in [1.82, 2.24) is 15.3 Å². The Kier molecular flexibility index (Phi) is 2.97. The van der Waals surface area contributed by atoms with E-state index in [4.69, 9.17) is 5.11 Å². The lowest BCUT2D eigenvalue weighted by Gasteiger charge is -2.14. The van der Waals surface area contributed by atoms with E-state index in [0.717, 1.165) is 0 Å². The fourth-order valence-corrected chi connectivity index (χ4v) is 0.992. The second-order valence-electron chi connectivity index (χ2n) is 2.51. The summed E-state index contributed by atoms with van der Waals surface area (Å²) < 4.78 is 13.4. The summed E-state index contributed by atoms with van der Waals surface area (Å²) in [5.74, 6) is -1.23. The third-order valence-electron chi connectivity index (χ3n) is 1.69. The van der Waals surface area contributed by atoms with Gasteiger partial charge in [-0.3, -0.25) is 4.79 Å². The van der Waals surface area contributed by atoms with Crippen LogP contribution in [0.5, 0.6) is 0 Å². The predicted octanol–water partition coefficient (Wildman–Crippen LogP) is 0.0929. The van der Waals surface area contributed by atoms with Crippen LogP contribution >= 0.6 is 0 Å². The Bertz CT molecular complexity index is 275. The molecule has 5 nitrogen and oxygen atoms in total. The molecule has 0 amide bonds. The average Bonchev–Trinajstić information content (AvgIpc) is 2.56. The van der Waals surface area contributed by atoms with Gasteiger partial charge in [0.05, 0.1) is 18.2 Å². The zero-order valence-corrected chi connectivity index (χ0v) is 6.99. The van der Waals surface area contributed by atoms with E-state index in [1.807, 2.05) is 0 Å². The molecule has 1 heterocycles. The van der Waals surface area contributed by atoms with Crippen molar-refractivity contribution in [2.45, 2.75) is 12.2 Å². The molecule has 2 atom stereocenters. The molecule has 0 aliphatic rings. The number of hydrogen-bond donors (Lipinski definition) is 3. The Morgan fingerprint density at radius 2 is 2.54 bits per heavy atom. The summed E-state index contributed by atoms with van der Waals surface area (Å²) in [6.45, 7) is 0. The first-order chi connectivity index (χ1) is 6.16. The minimum atomic E-state index is -1.62. The number of carboxylic acid groups (broad SMARTS) is 1. The Morgan fingerprint density at radius 3 is 2.92 bits per heavy atom. The summed E-state index contributed by atoms with van der Waals surface area (Å²) in [7, 11) is 1.39. The van der Waals surface area contributed by atoms with Gasteiger partial charge in [0, 0.05) is 0 Å². The smallest absolute Gasteiger partial charge is 0.324 e. The molecule has 1 aromatic rings. The lowest BCUT2D eigenvalue weighted by Crippen LogP contribution is -2.37. The molecule has 0 saturated carbocycles. The molecule has 0 aliphatic carbocycles. The molecule has 0 spiro atoms. The maximum atomic E-state index is 13.4. The van der Waals surface area contributed by atoms with Gasteiger partial charge < -0.3 is 15.4 Å². The van der Waals surface area contributed by atoms with Crippen LogP contribution in [-0.2, 0) is 4.79 Å². The molecule has 0 radical (unpaired) electrons. The Hall–Kier alpha value is -1.43. The number of H-pyrrole nitrogens is 1. The van der Waals surface area contributed by atoms with E-state index in [2.05, 4.69) is 15.3 Å². The zero-order chi connectivity index (χ0) is 9.84. The van der Waals surface area contributed by atoms with Crippen LogP contribution in [0.3, 0.4) is 0 Å². The molecule has 1 unspecified atom stereocenters. The summed E-state index contributed by atoms with van der Waals surface area (Å²) >= 11 is 0. The molecule has 13 heavy (non-hydrogen) atoms. The SMILES string of the molecule is CN[C@H](C(=O)O)C(F)c1cnc[nH]1. The summed E-state index contributed by atoms with van der Waals surface area (Å²) in [4.78, 5) is 16.7. The number of aromatic amines is 1. The third kappa shape index (κ3) is 2.03. The van der Waals surface area contributed by atoms with E-state index < -0.39 is 18.2 Å². The first-order valence-electron chi connectivity index (χ1n) is 3.69. The minimum Gasteiger partial charge on any atom is -0.480 e. The summed E-state index contributed by atoms with van der Waals surface area (Å²) in [6, 6.07) is -1.25. The van der Waals surface area contributed by atoms with Crippen LogP contribution in [0.1, 0.15) is 11.9 Å². The van der Waals surface area contributed by atoms with Gasteiger partial charge in [0.1, 0.15) is 6.04 Å². The van der Waals surface area contributed by atoms with Gasteiger partial charge in [0.15, 0.2) is 6.17 Å². The van der Waals surface area contributed by atoms with Gasteiger partial charge in [-0.15, -0.1) is 0 Å². The number of rotatable bonds is 4. The molecule has 0 aliphatic heterocycles. The van der Waals surface area contributed by atoms with E-state index in [1.54, 1.807) is 0 Å². The highest BCUT2D eigenvalue weighted by molar-refractivity contribution is 5.74. The van der Waals surface area contributed by atoms with Gasteiger partial charge in [-0.05, 0) is 7.05 Å². The lowest BCUT2D eigenvalue weighted by molar-refractivity contribution is -0.141. The van der Waals surface area contributed by atoms with Crippen LogP contribution in [0.4, 0.5) is 4.39 Å². The lowest BCUT2D eigenvalue weighted by atomic mass is 10.1. The molecule has 0 fully saturated rings. The number of nitrogens with one attached hydrogen (secondary N) is 2. The van der Waals surface area contributed by atoms with Crippen LogP contribution in [0.25, 0.3) is 0 Å². The van der Waals surface area contributed by atoms with E-state index in [-0.39, 0.29) is 5.69 Å². The Labute approximate surface area is 74.0 Å². The van der Waals surface area contributed by atoms with E-state index in [1.165, 1.54) is 19.6 Å².